The Kier molecular flexibility index (Phi) is 8.94. The minimum absolute atomic E-state index is 0.237. The molecule has 0 spiro atoms. The Balaban J connectivity index is 2.10. The summed E-state index contributed by atoms with van der Waals surface area (Å²) >= 11 is 0. The van der Waals surface area contributed by atoms with Crippen LogP contribution in [0.4, 0.5) is 0 Å². The molecule has 0 saturated heterocycles. The van der Waals surface area contributed by atoms with Gasteiger partial charge in [-0.25, -0.2) is 4.79 Å². The molecule has 0 heterocycles. The van der Waals surface area contributed by atoms with E-state index >= 15 is 0 Å². The fourth-order valence-corrected chi connectivity index (χ4v) is 2.66. The highest BCUT2D eigenvalue weighted by Gasteiger charge is 2.11. The summed E-state index contributed by atoms with van der Waals surface area (Å²) in [6.45, 7) is 4.38. The van der Waals surface area contributed by atoms with Gasteiger partial charge < -0.3 is 24.1 Å². The van der Waals surface area contributed by atoms with Crippen LogP contribution in [0.1, 0.15) is 36.2 Å². The minimum atomic E-state index is -1.10. The molecule has 0 aromatic heterocycles. The molecule has 0 unspecified atom stereocenters. The number of aliphatic carboxylic acids is 1. The van der Waals surface area contributed by atoms with Crippen molar-refractivity contribution in [1.29, 1.82) is 0 Å². The molecule has 0 bridgehead atoms. The quantitative estimate of drug-likeness (QED) is 0.393. The largest absolute Gasteiger partial charge is 0.493 e. The molecular weight excluding hydrogens is 400 g/mol. The van der Waals surface area contributed by atoms with Crippen LogP contribution in [0.2, 0.25) is 0 Å². The smallest absolute Gasteiger partial charge is 0.341 e. The number of carboxylic acid groups (broad SMARTS) is 1. The van der Waals surface area contributed by atoms with E-state index in [-0.39, 0.29) is 17.3 Å². The lowest BCUT2D eigenvalue weighted by Crippen LogP contribution is -2.10. The number of carbonyl (C=O) groups is 2. The van der Waals surface area contributed by atoms with Crippen molar-refractivity contribution < 1.29 is 33.6 Å². The molecule has 2 aromatic rings. The van der Waals surface area contributed by atoms with Crippen LogP contribution in [0.15, 0.2) is 42.5 Å². The van der Waals surface area contributed by atoms with E-state index in [0.717, 1.165) is 12.0 Å². The van der Waals surface area contributed by atoms with Gasteiger partial charge in [0.2, 0.25) is 0 Å². The lowest BCUT2D eigenvalue weighted by molar-refractivity contribution is -0.139. The van der Waals surface area contributed by atoms with Crippen molar-refractivity contribution in [2.24, 2.45) is 5.92 Å². The number of allylic oxidation sites excluding steroid dienone is 1. The van der Waals surface area contributed by atoms with Gasteiger partial charge in [-0.15, -0.1) is 0 Å². The number of ether oxygens (including phenoxy) is 4. The number of carboxylic acids is 1. The normalized spacial score (nSPS) is 10.9. The first-order valence-electron chi connectivity index (χ1n) is 9.90. The van der Waals surface area contributed by atoms with Crippen molar-refractivity contribution >= 4 is 17.8 Å². The number of hydrogen-bond donors (Lipinski definition) is 1. The zero-order chi connectivity index (χ0) is 22.8. The van der Waals surface area contributed by atoms with Crippen molar-refractivity contribution in [3.05, 3.63) is 53.6 Å². The van der Waals surface area contributed by atoms with Crippen LogP contribution in [0.5, 0.6) is 23.0 Å². The van der Waals surface area contributed by atoms with E-state index in [9.17, 15) is 9.59 Å². The van der Waals surface area contributed by atoms with Gasteiger partial charge in [-0.05, 0) is 54.3 Å². The standard InChI is InChI=1S/C24H28O7/c1-16(2)11-12-30-20-9-6-17(13-22(20)28-3)5-8-19(25)18-7-10-21(23(14-18)29-4)31-15-24(26)27/h5-10,13-14,16H,11-12,15H2,1-4H3,(H,26,27). The summed E-state index contributed by atoms with van der Waals surface area (Å²) in [5.41, 5.74) is 1.17. The zero-order valence-electron chi connectivity index (χ0n) is 18.2. The van der Waals surface area contributed by atoms with Crippen LogP contribution in [0.25, 0.3) is 6.08 Å². The highest BCUT2D eigenvalue weighted by molar-refractivity contribution is 6.07. The van der Waals surface area contributed by atoms with E-state index in [1.165, 1.54) is 25.3 Å². The summed E-state index contributed by atoms with van der Waals surface area (Å²) < 4.78 is 21.5. The molecule has 0 fully saturated rings. The number of rotatable bonds is 12. The van der Waals surface area contributed by atoms with E-state index in [4.69, 9.17) is 24.1 Å². The first kappa shape index (κ1) is 23.8. The van der Waals surface area contributed by atoms with Gasteiger partial charge in [-0.3, -0.25) is 4.79 Å². The second-order valence-electron chi connectivity index (χ2n) is 7.19. The molecule has 0 atom stereocenters. The van der Waals surface area contributed by atoms with Gasteiger partial charge in [0.25, 0.3) is 0 Å². The molecule has 2 rings (SSSR count). The molecule has 0 amide bonds. The maximum absolute atomic E-state index is 12.6. The Morgan fingerprint density at radius 1 is 0.935 bits per heavy atom. The highest BCUT2D eigenvalue weighted by atomic mass is 16.5. The molecular formula is C24H28O7. The summed E-state index contributed by atoms with van der Waals surface area (Å²) in [5, 5.41) is 8.73. The van der Waals surface area contributed by atoms with E-state index in [1.54, 1.807) is 25.3 Å². The Hall–Kier alpha value is -3.48. The summed E-state index contributed by atoms with van der Waals surface area (Å²) in [6, 6.07) is 10.0. The number of methoxy groups -OCH3 is 2. The second-order valence-corrected chi connectivity index (χ2v) is 7.19. The van der Waals surface area contributed by atoms with Crippen LogP contribution in [0, 0.1) is 5.92 Å². The molecule has 7 heteroatoms. The Bertz CT molecular complexity index is 932. The number of carbonyl (C=O) groups excluding carboxylic acids is 1. The molecule has 0 aliphatic rings. The summed E-state index contributed by atoms with van der Waals surface area (Å²) in [4.78, 5) is 23.2. The third-order valence-electron chi connectivity index (χ3n) is 4.37. The number of benzene rings is 2. The third-order valence-corrected chi connectivity index (χ3v) is 4.37. The van der Waals surface area contributed by atoms with E-state index in [0.29, 0.717) is 29.6 Å². The van der Waals surface area contributed by atoms with E-state index in [1.807, 2.05) is 12.1 Å². The molecule has 31 heavy (non-hydrogen) atoms. The Labute approximate surface area is 182 Å². The topological polar surface area (TPSA) is 91.3 Å². The van der Waals surface area contributed by atoms with Gasteiger partial charge in [0.1, 0.15) is 0 Å². The van der Waals surface area contributed by atoms with Crippen LogP contribution in [-0.4, -0.2) is 44.3 Å². The third kappa shape index (κ3) is 7.37. The van der Waals surface area contributed by atoms with Crippen LogP contribution >= 0.6 is 0 Å². The average molecular weight is 428 g/mol. The average Bonchev–Trinajstić information content (AvgIpc) is 2.76. The van der Waals surface area contributed by atoms with Crippen LogP contribution < -0.4 is 18.9 Å². The van der Waals surface area contributed by atoms with E-state index in [2.05, 4.69) is 13.8 Å². The van der Waals surface area contributed by atoms with Crippen molar-refractivity contribution in [1.82, 2.24) is 0 Å². The minimum Gasteiger partial charge on any atom is -0.493 e. The summed E-state index contributed by atoms with van der Waals surface area (Å²) in [6.07, 6.45) is 4.08. The Morgan fingerprint density at radius 2 is 1.58 bits per heavy atom. The highest BCUT2D eigenvalue weighted by Crippen LogP contribution is 2.30. The molecule has 166 valence electrons. The first-order valence-corrected chi connectivity index (χ1v) is 9.90. The first-order chi connectivity index (χ1) is 14.8. The van der Waals surface area contributed by atoms with Gasteiger partial charge in [0, 0.05) is 5.56 Å². The lowest BCUT2D eigenvalue weighted by Gasteiger charge is -2.12. The molecule has 7 nitrogen and oxygen atoms in total. The van der Waals surface area contributed by atoms with Crippen molar-refractivity contribution in [3.63, 3.8) is 0 Å². The van der Waals surface area contributed by atoms with E-state index < -0.39 is 12.6 Å². The zero-order valence-corrected chi connectivity index (χ0v) is 18.2. The van der Waals surface area contributed by atoms with Crippen LogP contribution in [0.3, 0.4) is 0 Å². The molecule has 0 saturated carbocycles. The number of hydrogen-bond acceptors (Lipinski definition) is 6. The van der Waals surface area contributed by atoms with Gasteiger partial charge in [-0.1, -0.05) is 26.0 Å². The van der Waals surface area contributed by atoms with Crippen molar-refractivity contribution in [2.75, 3.05) is 27.4 Å². The SMILES string of the molecule is COc1cc(C=CC(=O)c2ccc(OCC(=O)O)c(OC)c2)ccc1OCCC(C)C. The molecule has 2 aromatic carbocycles. The molecule has 1 N–H and O–H groups in total. The van der Waals surface area contributed by atoms with Gasteiger partial charge >= 0.3 is 5.97 Å². The van der Waals surface area contributed by atoms with Crippen LogP contribution in [-0.2, 0) is 4.79 Å². The molecule has 0 aliphatic heterocycles. The van der Waals surface area contributed by atoms with Crippen molar-refractivity contribution in [2.45, 2.75) is 20.3 Å². The predicted octanol–water partition coefficient (Wildman–Crippen LogP) is 4.49. The van der Waals surface area contributed by atoms with Gasteiger partial charge in [0.15, 0.2) is 35.4 Å². The maximum Gasteiger partial charge on any atom is 0.341 e. The van der Waals surface area contributed by atoms with Crippen molar-refractivity contribution in [3.8, 4) is 23.0 Å². The fraction of sp³-hybridized carbons (Fsp3) is 0.333. The Morgan fingerprint density at radius 3 is 2.23 bits per heavy atom. The predicted molar refractivity (Wildman–Crippen MR) is 117 cm³/mol. The fourth-order valence-electron chi connectivity index (χ4n) is 2.66. The monoisotopic (exact) mass is 428 g/mol. The maximum atomic E-state index is 12.6. The summed E-state index contributed by atoms with van der Waals surface area (Å²) in [5.74, 6) is 1.01. The number of ketones is 1. The van der Waals surface area contributed by atoms with Gasteiger partial charge in [-0.2, -0.15) is 0 Å². The second kappa shape index (κ2) is 11.6. The molecule has 0 aliphatic carbocycles. The summed E-state index contributed by atoms with van der Waals surface area (Å²) in [7, 11) is 2.99. The molecule has 0 radical (unpaired) electrons. The van der Waals surface area contributed by atoms with Gasteiger partial charge in [0.05, 0.1) is 20.8 Å². The lowest BCUT2D eigenvalue weighted by atomic mass is 10.1.